The molecule has 26 heavy (non-hydrogen) atoms. The molecule has 138 valence electrons. The molecule has 4 rings (SSSR count). The van der Waals surface area contributed by atoms with Crippen LogP contribution in [-0.4, -0.2) is 28.8 Å². The summed E-state index contributed by atoms with van der Waals surface area (Å²) in [5, 5.41) is 10.2. The minimum Gasteiger partial charge on any atom is -0.493 e. The van der Waals surface area contributed by atoms with E-state index < -0.39 is 0 Å². The van der Waals surface area contributed by atoms with Gasteiger partial charge in [-0.3, -0.25) is 9.89 Å². The number of fused-ring (bicyclic) bond motifs is 1. The maximum Gasteiger partial charge on any atom is 0.272 e. The largest absolute Gasteiger partial charge is 0.493 e. The molecule has 1 aromatic heterocycles. The third-order valence-corrected chi connectivity index (χ3v) is 5.03. The van der Waals surface area contributed by atoms with E-state index in [4.69, 9.17) is 9.47 Å². The van der Waals surface area contributed by atoms with Gasteiger partial charge in [-0.15, -0.1) is 0 Å². The second kappa shape index (κ2) is 7.11. The van der Waals surface area contributed by atoms with Crippen LogP contribution in [0.25, 0.3) is 0 Å². The van der Waals surface area contributed by atoms with Crippen LogP contribution in [0.2, 0.25) is 0 Å². The van der Waals surface area contributed by atoms with E-state index in [1.807, 2.05) is 38.1 Å². The van der Waals surface area contributed by atoms with E-state index in [0.29, 0.717) is 24.6 Å². The van der Waals surface area contributed by atoms with Gasteiger partial charge in [0.15, 0.2) is 5.69 Å². The Kier molecular flexibility index (Phi) is 4.68. The van der Waals surface area contributed by atoms with Crippen LogP contribution in [0.1, 0.15) is 60.1 Å². The van der Waals surface area contributed by atoms with Crippen molar-refractivity contribution in [1.82, 2.24) is 15.5 Å². The van der Waals surface area contributed by atoms with Crippen LogP contribution in [0.3, 0.4) is 0 Å². The fourth-order valence-corrected chi connectivity index (χ4v) is 3.40. The molecule has 1 saturated carbocycles. The number of benzene rings is 1. The average molecular weight is 355 g/mol. The van der Waals surface area contributed by atoms with E-state index >= 15 is 0 Å². The second-order valence-electron chi connectivity index (χ2n) is 7.30. The quantitative estimate of drug-likeness (QED) is 0.835. The van der Waals surface area contributed by atoms with Gasteiger partial charge in [-0.2, -0.15) is 5.10 Å². The average Bonchev–Trinajstić information content (AvgIpc) is 3.36. The minimum absolute atomic E-state index is 0.0700. The van der Waals surface area contributed by atoms with Gasteiger partial charge in [0.2, 0.25) is 0 Å². The molecule has 1 aliphatic carbocycles. The molecule has 2 atom stereocenters. The molecule has 2 aliphatic rings. The van der Waals surface area contributed by atoms with Crippen molar-refractivity contribution in [3.63, 3.8) is 0 Å². The smallest absolute Gasteiger partial charge is 0.272 e. The van der Waals surface area contributed by atoms with Crippen molar-refractivity contribution >= 4 is 5.91 Å². The molecular formula is C20H25N3O3. The molecule has 0 spiro atoms. The first-order valence-corrected chi connectivity index (χ1v) is 9.33. The van der Waals surface area contributed by atoms with Crippen molar-refractivity contribution in [2.45, 2.75) is 51.9 Å². The monoisotopic (exact) mass is 355 g/mol. The second-order valence-corrected chi connectivity index (χ2v) is 7.30. The van der Waals surface area contributed by atoms with Crippen LogP contribution in [0.5, 0.6) is 5.75 Å². The number of nitrogens with zero attached hydrogens (tertiary/aromatic N) is 1. The molecule has 0 saturated heterocycles. The Morgan fingerprint density at radius 2 is 2.15 bits per heavy atom. The van der Waals surface area contributed by atoms with E-state index in [-0.39, 0.29) is 18.1 Å². The third kappa shape index (κ3) is 3.60. The molecule has 0 bridgehead atoms. The van der Waals surface area contributed by atoms with E-state index in [2.05, 4.69) is 15.5 Å². The van der Waals surface area contributed by atoms with Crippen molar-refractivity contribution < 1.29 is 14.3 Å². The topological polar surface area (TPSA) is 76.2 Å². The van der Waals surface area contributed by atoms with Gasteiger partial charge in [-0.25, -0.2) is 0 Å². The lowest BCUT2D eigenvalue weighted by Gasteiger charge is -2.25. The van der Waals surface area contributed by atoms with E-state index in [0.717, 1.165) is 29.2 Å². The zero-order chi connectivity index (χ0) is 18.1. The first kappa shape index (κ1) is 17.1. The maximum absolute atomic E-state index is 12.7. The fraction of sp³-hybridized carbons (Fsp3) is 0.500. The highest BCUT2D eigenvalue weighted by Crippen LogP contribution is 2.31. The molecule has 2 aromatic rings. The van der Waals surface area contributed by atoms with Crippen LogP contribution >= 0.6 is 0 Å². The van der Waals surface area contributed by atoms with Gasteiger partial charge in [-0.05, 0) is 38.7 Å². The maximum atomic E-state index is 12.7. The van der Waals surface area contributed by atoms with E-state index in [1.54, 1.807) is 0 Å². The Labute approximate surface area is 153 Å². The Balaban J connectivity index is 1.43. The first-order valence-electron chi connectivity index (χ1n) is 9.33. The predicted octanol–water partition coefficient (Wildman–Crippen LogP) is 3.15. The predicted molar refractivity (Wildman–Crippen MR) is 97.1 cm³/mol. The van der Waals surface area contributed by atoms with E-state index in [9.17, 15) is 4.79 Å². The summed E-state index contributed by atoms with van der Waals surface area (Å²) in [7, 11) is 0. The highest BCUT2D eigenvalue weighted by Gasteiger charge is 2.29. The van der Waals surface area contributed by atoms with Crippen molar-refractivity contribution in [3.05, 3.63) is 46.8 Å². The van der Waals surface area contributed by atoms with Gasteiger partial charge in [0, 0.05) is 24.1 Å². The van der Waals surface area contributed by atoms with Gasteiger partial charge < -0.3 is 14.8 Å². The van der Waals surface area contributed by atoms with Crippen LogP contribution in [0.4, 0.5) is 0 Å². The Morgan fingerprint density at radius 1 is 1.35 bits per heavy atom. The number of aromatic amines is 1. The summed E-state index contributed by atoms with van der Waals surface area (Å²) in [5.41, 5.74) is 3.32. The van der Waals surface area contributed by atoms with Crippen LogP contribution in [0, 0.1) is 5.92 Å². The van der Waals surface area contributed by atoms with Gasteiger partial charge >= 0.3 is 0 Å². The molecule has 1 aliphatic heterocycles. The number of amides is 1. The summed E-state index contributed by atoms with van der Waals surface area (Å²) < 4.78 is 11.7. The standard InChI is InChI=1S/C20H25N3O3/c1-12-9-16-18(13(2)26-12)22-23-19(16)20(24)21-10-15-5-3-4-6-17(15)25-11-14-7-8-14/h3-6,12-14H,7-11H2,1-2H3,(H,21,24)(H,22,23)/t12-,13+/m1/s1. The molecule has 2 heterocycles. The number of hydrogen-bond acceptors (Lipinski definition) is 4. The number of ether oxygens (including phenoxy) is 2. The highest BCUT2D eigenvalue weighted by atomic mass is 16.5. The molecule has 1 fully saturated rings. The lowest BCUT2D eigenvalue weighted by atomic mass is 9.99. The lowest BCUT2D eigenvalue weighted by molar-refractivity contribution is -0.00697. The molecular weight excluding hydrogens is 330 g/mol. The summed E-state index contributed by atoms with van der Waals surface area (Å²) >= 11 is 0. The zero-order valence-electron chi connectivity index (χ0n) is 15.2. The Morgan fingerprint density at radius 3 is 2.96 bits per heavy atom. The van der Waals surface area contributed by atoms with Gasteiger partial charge in [0.25, 0.3) is 5.91 Å². The number of hydrogen-bond donors (Lipinski definition) is 2. The fourth-order valence-electron chi connectivity index (χ4n) is 3.40. The van der Waals surface area contributed by atoms with Crippen LogP contribution in [-0.2, 0) is 17.7 Å². The number of aromatic nitrogens is 2. The number of carbonyl (C=O) groups excluding carboxylic acids is 1. The molecule has 2 N–H and O–H groups in total. The van der Waals surface area contributed by atoms with Gasteiger partial charge in [-0.1, -0.05) is 18.2 Å². The van der Waals surface area contributed by atoms with Gasteiger partial charge in [0.1, 0.15) is 5.75 Å². The molecule has 0 unspecified atom stereocenters. The van der Waals surface area contributed by atoms with Crippen LogP contribution in [0.15, 0.2) is 24.3 Å². The summed E-state index contributed by atoms with van der Waals surface area (Å²) in [6, 6.07) is 7.87. The number of carbonyl (C=O) groups is 1. The first-order chi connectivity index (χ1) is 12.6. The summed E-state index contributed by atoms with van der Waals surface area (Å²) in [4.78, 5) is 12.7. The Hall–Kier alpha value is -2.34. The number of nitrogens with one attached hydrogen (secondary N) is 2. The summed E-state index contributed by atoms with van der Waals surface area (Å²) in [6.45, 7) is 5.17. The van der Waals surface area contributed by atoms with Crippen LogP contribution < -0.4 is 10.1 Å². The third-order valence-electron chi connectivity index (χ3n) is 5.03. The SMILES string of the molecule is C[C@@H]1Cc2c(C(=O)NCc3ccccc3OCC3CC3)n[nH]c2[C@H](C)O1. The summed E-state index contributed by atoms with van der Waals surface area (Å²) in [6.07, 6.45) is 3.21. The van der Waals surface area contributed by atoms with Crippen molar-refractivity contribution in [3.8, 4) is 5.75 Å². The van der Waals surface area contributed by atoms with E-state index in [1.165, 1.54) is 12.8 Å². The highest BCUT2D eigenvalue weighted by molar-refractivity contribution is 5.94. The zero-order valence-corrected chi connectivity index (χ0v) is 15.2. The van der Waals surface area contributed by atoms with Crippen molar-refractivity contribution in [1.29, 1.82) is 0 Å². The molecule has 6 heteroatoms. The summed E-state index contributed by atoms with van der Waals surface area (Å²) in [5.74, 6) is 1.37. The molecule has 1 amide bonds. The lowest BCUT2D eigenvalue weighted by Crippen LogP contribution is -2.27. The minimum atomic E-state index is -0.166. The molecule has 0 radical (unpaired) electrons. The number of H-pyrrole nitrogens is 1. The number of para-hydroxylation sites is 1. The van der Waals surface area contributed by atoms with Gasteiger partial charge in [0.05, 0.1) is 24.5 Å². The van der Waals surface area contributed by atoms with Crippen molar-refractivity contribution in [2.24, 2.45) is 5.92 Å². The normalized spacial score (nSPS) is 21.9. The molecule has 6 nitrogen and oxygen atoms in total. The molecule has 1 aromatic carbocycles. The number of rotatable bonds is 6. The Bertz CT molecular complexity index is 797. The van der Waals surface area contributed by atoms with Crippen molar-refractivity contribution in [2.75, 3.05) is 6.61 Å².